The van der Waals surface area contributed by atoms with Gasteiger partial charge in [-0.1, -0.05) is 24.3 Å². The van der Waals surface area contributed by atoms with E-state index in [-0.39, 0.29) is 5.91 Å². The maximum Gasteiger partial charge on any atom is 0.251 e. The van der Waals surface area contributed by atoms with Crippen LogP contribution in [0.2, 0.25) is 0 Å². The predicted octanol–water partition coefficient (Wildman–Crippen LogP) is 2.16. The molecule has 6 nitrogen and oxygen atoms in total. The van der Waals surface area contributed by atoms with Gasteiger partial charge in [0.05, 0.1) is 14.2 Å². The third-order valence-electron chi connectivity index (χ3n) is 4.37. The van der Waals surface area contributed by atoms with E-state index in [0.717, 1.165) is 16.8 Å². The van der Waals surface area contributed by atoms with Crippen molar-refractivity contribution in [2.45, 2.75) is 12.5 Å². The number of primary amides is 1. The fraction of sp³-hybridized carbons (Fsp3) is 0.200. The summed E-state index contributed by atoms with van der Waals surface area (Å²) in [6.45, 7) is 0. The van der Waals surface area contributed by atoms with E-state index in [2.05, 4.69) is 0 Å². The summed E-state index contributed by atoms with van der Waals surface area (Å²) in [4.78, 5) is 26.0. The van der Waals surface area contributed by atoms with Gasteiger partial charge < -0.3 is 15.2 Å². The molecule has 1 aliphatic heterocycles. The van der Waals surface area contributed by atoms with Gasteiger partial charge in [0.1, 0.15) is 6.04 Å². The van der Waals surface area contributed by atoms with E-state index in [0.29, 0.717) is 17.9 Å². The van der Waals surface area contributed by atoms with Crippen molar-refractivity contribution in [1.29, 1.82) is 0 Å². The predicted molar refractivity (Wildman–Crippen MR) is 99.2 cm³/mol. The molecule has 1 aliphatic rings. The van der Waals surface area contributed by atoms with Gasteiger partial charge in [-0.25, -0.2) is 0 Å². The number of carbonyl (C=O) groups excluding carboxylic acids is 2. The zero-order chi connectivity index (χ0) is 18.7. The van der Waals surface area contributed by atoms with Crippen molar-refractivity contribution < 1.29 is 19.1 Å². The maximum atomic E-state index is 12.7. The van der Waals surface area contributed by atoms with Gasteiger partial charge >= 0.3 is 0 Å². The highest BCUT2D eigenvalue weighted by atomic mass is 16.5. The molecular weight excluding hydrogens is 332 g/mol. The van der Waals surface area contributed by atoms with Crippen LogP contribution in [0.4, 0.5) is 5.69 Å². The Morgan fingerprint density at radius 1 is 1.12 bits per heavy atom. The quantitative estimate of drug-likeness (QED) is 0.836. The van der Waals surface area contributed by atoms with Crippen LogP contribution < -0.4 is 20.1 Å². The molecule has 3 rings (SSSR count). The van der Waals surface area contributed by atoms with Gasteiger partial charge in [0.25, 0.3) is 5.91 Å². The maximum absolute atomic E-state index is 12.7. The molecule has 26 heavy (non-hydrogen) atoms. The number of fused-ring (bicyclic) bond motifs is 1. The highest BCUT2D eigenvalue weighted by molar-refractivity contribution is 6.09. The second kappa shape index (κ2) is 7.31. The SMILES string of the molecule is COc1ccc(/C=C\C(=O)N2c3ccccc3C[C@H]2C(N)=O)cc1OC. The van der Waals surface area contributed by atoms with E-state index in [1.54, 1.807) is 32.4 Å². The molecule has 0 aliphatic carbocycles. The molecule has 0 spiro atoms. The number of hydrogen-bond acceptors (Lipinski definition) is 4. The van der Waals surface area contributed by atoms with E-state index in [1.807, 2.05) is 30.3 Å². The van der Waals surface area contributed by atoms with Crippen molar-refractivity contribution in [3.63, 3.8) is 0 Å². The molecule has 0 saturated carbocycles. The number of hydrogen-bond donors (Lipinski definition) is 1. The smallest absolute Gasteiger partial charge is 0.251 e. The molecule has 1 atom stereocenters. The van der Waals surface area contributed by atoms with Crippen molar-refractivity contribution in [2.75, 3.05) is 19.1 Å². The van der Waals surface area contributed by atoms with E-state index >= 15 is 0 Å². The molecule has 134 valence electrons. The number of nitrogens with zero attached hydrogens (tertiary/aromatic N) is 1. The lowest BCUT2D eigenvalue weighted by Crippen LogP contribution is -2.45. The van der Waals surface area contributed by atoms with Crippen molar-refractivity contribution in [2.24, 2.45) is 5.73 Å². The summed E-state index contributed by atoms with van der Waals surface area (Å²) in [5, 5.41) is 0. The molecule has 0 bridgehead atoms. The Labute approximate surface area is 151 Å². The van der Waals surface area contributed by atoms with E-state index in [9.17, 15) is 9.59 Å². The summed E-state index contributed by atoms with van der Waals surface area (Å²) in [5.74, 6) is 0.365. The topological polar surface area (TPSA) is 81.9 Å². The average Bonchev–Trinajstić information content (AvgIpc) is 3.05. The molecule has 2 N–H and O–H groups in total. The van der Waals surface area contributed by atoms with Gasteiger partial charge in [-0.15, -0.1) is 0 Å². The van der Waals surface area contributed by atoms with Crippen LogP contribution >= 0.6 is 0 Å². The zero-order valence-corrected chi connectivity index (χ0v) is 14.6. The lowest BCUT2D eigenvalue weighted by Gasteiger charge is -2.21. The molecule has 0 unspecified atom stereocenters. The summed E-state index contributed by atoms with van der Waals surface area (Å²) in [5.41, 5.74) is 7.93. The first-order chi connectivity index (χ1) is 12.5. The van der Waals surface area contributed by atoms with Crippen molar-refractivity contribution in [3.8, 4) is 11.5 Å². The summed E-state index contributed by atoms with van der Waals surface area (Å²) in [7, 11) is 3.11. The second-order valence-electron chi connectivity index (χ2n) is 5.91. The number of benzene rings is 2. The lowest BCUT2D eigenvalue weighted by molar-refractivity contribution is -0.122. The highest BCUT2D eigenvalue weighted by Gasteiger charge is 2.36. The van der Waals surface area contributed by atoms with Crippen LogP contribution in [0.15, 0.2) is 48.5 Å². The Morgan fingerprint density at radius 3 is 2.54 bits per heavy atom. The molecular formula is C20H20N2O4. The van der Waals surface area contributed by atoms with E-state index in [1.165, 1.54) is 11.0 Å². The van der Waals surface area contributed by atoms with Gasteiger partial charge in [-0.2, -0.15) is 0 Å². The lowest BCUT2D eigenvalue weighted by atomic mass is 10.1. The number of amides is 2. The Morgan fingerprint density at radius 2 is 1.85 bits per heavy atom. The number of methoxy groups -OCH3 is 2. The summed E-state index contributed by atoms with van der Waals surface area (Å²) >= 11 is 0. The Hall–Kier alpha value is -3.28. The minimum Gasteiger partial charge on any atom is -0.493 e. The van der Waals surface area contributed by atoms with E-state index < -0.39 is 11.9 Å². The van der Waals surface area contributed by atoms with Crippen LogP contribution in [-0.2, 0) is 16.0 Å². The number of carbonyl (C=O) groups is 2. The first kappa shape index (κ1) is 17.5. The molecule has 2 aromatic carbocycles. The van der Waals surface area contributed by atoms with Gasteiger partial charge in [-0.05, 0) is 35.4 Å². The molecule has 0 aromatic heterocycles. The highest BCUT2D eigenvalue weighted by Crippen LogP contribution is 2.32. The van der Waals surface area contributed by atoms with Crippen molar-refractivity contribution >= 4 is 23.6 Å². The summed E-state index contributed by atoms with van der Waals surface area (Å²) in [6, 6.07) is 12.1. The number of rotatable bonds is 5. The third-order valence-corrected chi connectivity index (χ3v) is 4.37. The van der Waals surface area contributed by atoms with Gasteiger partial charge in [0.2, 0.25) is 5.91 Å². The second-order valence-corrected chi connectivity index (χ2v) is 5.91. The van der Waals surface area contributed by atoms with Gasteiger partial charge in [0.15, 0.2) is 11.5 Å². The molecule has 0 radical (unpaired) electrons. The van der Waals surface area contributed by atoms with Crippen LogP contribution in [0.25, 0.3) is 6.08 Å². The zero-order valence-electron chi connectivity index (χ0n) is 14.6. The van der Waals surface area contributed by atoms with Crippen LogP contribution in [0.3, 0.4) is 0 Å². The van der Waals surface area contributed by atoms with Crippen molar-refractivity contribution in [3.05, 3.63) is 59.7 Å². The van der Waals surface area contributed by atoms with Gasteiger partial charge in [-0.3, -0.25) is 14.5 Å². The fourth-order valence-corrected chi connectivity index (χ4v) is 3.09. The molecule has 0 fully saturated rings. The summed E-state index contributed by atoms with van der Waals surface area (Å²) < 4.78 is 10.5. The normalized spacial score (nSPS) is 15.8. The Balaban J connectivity index is 1.87. The Bertz CT molecular complexity index is 876. The largest absolute Gasteiger partial charge is 0.493 e. The summed E-state index contributed by atoms with van der Waals surface area (Å²) in [6.07, 6.45) is 3.53. The number of anilines is 1. The first-order valence-corrected chi connectivity index (χ1v) is 8.15. The van der Waals surface area contributed by atoms with E-state index in [4.69, 9.17) is 15.2 Å². The van der Waals surface area contributed by atoms with Gasteiger partial charge in [0, 0.05) is 18.2 Å². The average molecular weight is 352 g/mol. The number of nitrogens with two attached hydrogens (primary N) is 1. The number of ether oxygens (including phenoxy) is 2. The standard InChI is InChI=1S/C20H20N2O4/c1-25-17-9-7-13(11-18(17)26-2)8-10-19(23)22-15-6-4-3-5-14(15)12-16(22)20(21)24/h3-11,16H,12H2,1-2H3,(H2,21,24)/b10-8-/t16-/m0/s1. The van der Waals surface area contributed by atoms with Crippen LogP contribution in [0.5, 0.6) is 11.5 Å². The fourth-order valence-electron chi connectivity index (χ4n) is 3.09. The molecule has 1 heterocycles. The molecule has 0 saturated heterocycles. The van der Waals surface area contributed by atoms with Crippen LogP contribution in [0, 0.1) is 0 Å². The monoisotopic (exact) mass is 352 g/mol. The minimum atomic E-state index is -0.671. The molecule has 6 heteroatoms. The third kappa shape index (κ3) is 3.26. The van der Waals surface area contributed by atoms with Crippen LogP contribution in [0.1, 0.15) is 11.1 Å². The molecule has 2 aromatic rings. The minimum absolute atomic E-state index is 0.298. The Kier molecular flexibility index (Phi) is 4.93. The van der Waals surface area contributed by atoms with Crippen molar-refractivity contribution in [1.82, 2.24) is 0 Å². The first-order valence-electron chi connectivity index (χ1n) is 8.15. The molecule has 2 amide bonds. The van der Waals surface area contributed by atoms with Crippen LogP contribution in [-0.4, -0.2) is 32.1 Å². The number of para-hydroxylation sites is 1.